The molecule has 3 rings (SSSR count). The Morgan fingerprint density at radius 3 is 2.71 bits per heavy atom. The second-order valence-electron chi connectivity index (χ2n) is 7.11. The Bertz CT molecular complexity index is 644. The molecule has 1 aromatic carbocycles. The van der Waals surface area contributed by atoms with Gasteiger partial charge in [-0.25, -0.2) is 4.39 Å². The molecule has 1 saturated carbocycles. The molecule has 0 radical (unpaired) electrons. The van der Waals surface area contributed by atoms with E-state index >= 15 is 0 Å². The van der Waals surface area contributed by atoms with Crippen molar-refractivity contribution < 1.29 is 13.9 Å². The summed E-state index contributed by atoms with van der Waals surface area (Å²) < 4.78 is 19.3. The van der Waals surface area contributed by atoms with Gasteiger partial charge < -0.3 is 9.52 Å². The van der Waals surface area contributed by atoms with Gasteiger partial charge in [-0.3, -0.25) is 0 Å². The lowest BCUT2D eigenvalue weighted by Gasteiger charge is -2.40. The highest BCUT2D eigenvalue weighted by atomic mass is 19.1. The molecule has 3 unspecified atom stereocenters. The van der Waals surface area contributed by atoms with Crippen LogP contribution in [0.25, 0.3) is 11.0 Å². The van der Waals surface area contributed by atoms with E-state index in [-0.39, 0.29) is 23.3 Å². The lowest BCUT2D eigenvalue weighted by atomic mass is 9.66. The number of hydrogen-bond donors (Lipinski definition) is 1. The van der Waals surface area contributed by atoms with Crippen LogP contribution in [0.2, 0.25) is 0 Å². The van der Waals surface area contributed by atoms with Crippen molar-refractivity contribution in [3.63, 3.8) is 0 Å². The maximum absolute atomic E-state index is 13.3. The van der Waals surface area contributed by atoms with Crippen molar-refractivity contribution in [1.82, 2.24) is 0 Å². The van der Waals surface area contributed by atoms with Gasteiger partial charge in [0.05, 0.1) is 6.10 Å². The highest BCUT2D eigenvalue weighted by Gasteiger charge is 2.41. The van der Waals surface area contributed by atoms with E-state index in [9.17, 15) is 9.50 Å². The third-order valence-corrected chi connectivity index (χ3v) is 5.12. The van der Waals surface area contributed by atoms with Crippen molar-refractivity contribution in [2.24, 2.45) is 11.8 Å². The van der Waals surface area contributed by atoms with E-state index in [4.69, 9.17) is 4.42 Å². The van der Waals surface area contributed by atoms with E-state index in [1.807, 2.05) is 6.07 Å². The molecule has 2 nitrogen and oxygen atoms in total. The minimum Gasteiger partial charge on any atom is -0.460 e. The van der Waals surface area contributed by atoms with Crippen molar-refractivity contribution in [2.45, 2.75) is 51.6 Å². The van der Waals surface area contributed by atoms with Crippen molar-refractivity contribution in [3.8, 4) is 0 Å². The summed E-state index contributed by atoms with van der Waals surface area (Å²) in [5, 5.41) is 11.2. The Labute approximate surface area is 125 Å². The maximum atomic E-state index is 13.3. The van der Waals surface area contributed by atoms with Gasteiger partial charge in [0.15, 0.2) is 0 Å². The van der Waals surface area contributed by atoms with Crippen LogP contribution in [0, 0.1) is 17.7 Å². The molecule has 0 aliphatic heterocycles. The number of rotatable bonds is 2. The highest BCUT2D eigenvalue weighted by molar-refractivity contribution is 5.78. The molecule has 114 valence electrons. The Morgan fingerprint density at radius 2 is 2.00 bits per heavy atom. The summed E-state index contributed by atoms with van der Waals surface area (Å²) in [6.07, 6.45) is 2.69. The minimum absolute atomic E-state index is 0.180. The van der Waals surface area contributed by atoms with E-state index in [2.05, 4.69) is 20.8 Å². The second-order valence-corrected chi connectivity index (χ2v) is 7.11. The molecule has 2 aromatic rings. The average molecular weight is 290 g/mol. The fourth-order valence-corrected chi connectivity index (χ4v) is 3.71. The van der Waals surface area contributed by atoms with Crippen molar-refractivity contribution in [1.29, 1.82) is 0 Å². The van der Waals surface area contributed by atoms with Crippen LogP contribution in [0.5, 0.6) is 0 Å². The number of aliphatic hydroxyl groups is 1. The normalized spacial score (nSPS) is 27.2. The van der Waals surface area contributed by atoms with Crippen molar-refractivity contribution in [2.75, 3.05) is 0 Å². The molecule has 0 saturated heterocycles. The molecule has 1 aromatic heterocycles. The highest BCUT2D eigenvalue weighted by Crippen LogP contribution is 2.43. The van der Waals surface area contributed by atoms with Gasteiger partial charge in [0.2, 0.25) is 0 Å². The standard InChI is InChI=1S/C18H23FO2/c1-11-4-6-14(15(20)8-11)18(2,3)17-10-12-9-13(19)5-7-16(12)21-17/h5,7,9-11,14-15,20H,4,6,8H2,1-3H3. The van der Waals surface area contributed by atoms with E-state index in [1.165, 1.54) is 12.1 Å². The van der Waals surface area contributed by atoms with Gasteiger partial charge in [0, 0.05) is 10.8 Å². The zero-order valence-electron chi connectivity index (χ0n) is 12.9. The van der Waals surface area contributed by atoms with Crippen LogP contribution in [-0.4, -0.2) is 11.2 Å². The van der Waals surface area contributed by atoms with Gasteiger partial charge in [0.1, 0.15) is 17.2 Å². The summed E-state index contributed by atoms with van der Waals surface area (Å²) in [5.41, 5.74) is 0.452. The number of halogens is 1. The van der Waals surface area contributed by atoms with Crippen LogP contribution < -0.4 is 0 Å². The molecule has 0 bridgehead atoms. The number of hydrogen-bond acceptors (Lipinski definition) is 2. The number of furan rings is 1. The SMILES string of the molecule is CC1CCC(C(C)(C)c2cc3cc(F)ccc3o2)C(O)C1. The number of benzene rings is 1. The zero-order valence-corrected chi connectivity index (χ0v) is 12.9. The van der Waals surface area contributed by atoms with E-state index in [1.54, 1.807) is 6.07 Å². The minimum atomic E-state index is -0.298. The third kappa shape index (κ3) is 2.59. The quantitative estimate of drug-likeness (QED) is 0.873. The smallest absolute Gasteiger partial charge is 0.134 e. The first kappa shape index (κ1) is 14.6. The zero-order chi connectivity index (χ0) is 15.2. The molecular weight excluding hydrogens is 267 g/mol. The first-order valence-corrected chi connectivity index (χ1v) is 7.75. The summed E-state index contributed by atoms with van der Waals surface area (Å²) in [7, 11) is 0. The molecule has 0 amide bonds. The van der Waals surface area contributed by atoms with Gasteiger partial charge >= 0.3 is 0 Å². The molecule has 3 atom stereocenters. The first-order chi connectivity index (χ1) is 9.88. The fraction of sp³-hybridized carbons (Fsp3) is 0.556. The monoisotopic (exact) mass is 290 g/mol. The van der Waals surface area contributed by atoms with Gasteiger partial charge in [-0.2, -0.15) is 0 Å². The van der Waals surface area contributed by atoms with Crippen LogP contribution in [0.1, 0.15) is 45.8 Å². The van der Waals surface area contributed by atoms with Crippen molar-refractivity contribution in [3.05, 3.63) is 35.8 Å². The Hall–Kier alpha value is -1.35. The molecule has 3 heteroatoms. The largest absolute Gasteiger partial charge is 0.460 e. The molecule has 1 fully saturated rings. The predicted molar refractivity (Wildman–Crippen MR) is 81.7 cm³/mol. The van der Waals surface area contributed by atoms with Crippen LogP contribution in [-0.2, 0) is 5.41 Å². The maximum Gasteiger partial charge on any atom is 0.134 e. The summed E-state index contributed by atoms with van der Waals surface area (Å²) >= 11 is 0. The number of fused-ring (bicyclic) bond motifs is 1. The van der Waals surface area contributed by atoms with Gasteiger partial charge in [-0.05, 0) is 48.9 Å². The predicted octanol–water partition coefficient (Wildman–Crippen LogP) is 4.65. The molecule has 1 aliphatic rings. The number of aliphatic hydroxyl groups excluding tert-OH is 1. The fourth-order valence-electron chi connectivity index (χ4n) is 3.71. The lowest BCUT2D eigenvalue weighted by molar-refractivity contribution is 0.00913. The van der Waals surface area contributed by atoms with E-state index in [0.717, 1.165) is 30.4 Å². The van der Waals surface area contributed by atoms with E-state index < -0.39 is 0 Å². The third-order valence-electron chi connectivity index (χ3n) is 5.12. The second kappa shape index (κ2) is 5.13. The molecule has 0 spiro atoms. The molecule has 21 heavy (non-hydrogen) atoms. The van der Waals surface area contributed by atoms with Crippen LogP contribution in [0.15, 0.2) is 28.7 Å². The van der Waals surface area contributed by atoms with Crippen LogP contribution >= 0.6 is 0 Å². The first-order valence-electron chi connectivity index (χ1n) is 7.75. The summed E-state index contributed by atoms with van der Waals surface area (Å²) in [6, 6.07) is 6.50. The summed E-state index contributed by atoms with van der Waals surface area (Å²) in [5.74, 6) is 1.34. The topological polar surface area (TPSA) is 33.4 Å². The lowest BCUT2D eigenvalue weighted by Crippen LogP contribution is -2.41. The average Bonchev–Trinajstić information content (AvgIpc) is 2.81. The molecule has 1 aliphatic carbocycles. The molecular formula is C18H23FO2. The van der Waals surface area contributed by atoms with Gasteiger partial charge in [-0.1, -0.05) is 27.2 Å². The Kier molecular flexibility index (Phi) is 3.56. The van der Waals surface area contributed by atoms with E-state index in [0.29, 0.717) is 11.5 Å². The molecule has 1 heterocycles. The van der Waals surface area contributed by atoms with Gasteiger partial charge in [-0.15, -0.1) is 0 Å². The van der Waals surface area contributed by atoms with Crippen LogP contribution in [0.4, 0.5) is 4.39 Å². The van der Waals surface area contributed by atoms with Crippen molar-refractivity contribution >= 4 is 11.0 Å². The summed E-state index contributed by atoms with van der Waals surface area (Å²) in [6.45, 7) is 6.42. The van der Waals surface area contributed by atoms with Crippen LogP contribution in [0.3, 0.4) is 0 Å². The Balaban J connectivity index is 1.95. The summed E-state index contributed by atoms with van der Waals surface area (Å²) in [4.78, 5) is 0. The Morgan fingerprint density at radius 1 is 1.24 bits per heavy atom. The molecule has 1 N–H and O–H groups in total. The van der Waals surface area contributed by atoms with Gasteiger partial charge in [0.25, 0.3) is 0 Å².